The van der Waals surface area contributed by atoms with Crippen molar-refractivity contribution >= 4 is 6.21 Å². The van der Waals surface area contributed by atoms with Crippen molar-refractivity contribution in [3.8, 4) is 0 Å². The highest BCUT2D eigenvalue weighted by Crippen LogP contribution is 2.15. The highest BCUT2D eigenvalue weighted by Gasteiger charge is 2.20. The van der Waals surface area contributed by atoms with Gasteiger partial charge in [-0.2, -0.15) is 0 Å². The number of allylic oxidation sites excluding steroid dienone is 1. The molecule has 1 heterocycles. The van der Waals surface area contributed by atoms with Gasteiger partial charge in [0.05, 0.1) is 6.54 Å². The molecule has 0 aromatic heterocycles. The molecule has 0 radical (unpaired) electrons. The second-order valence-corrected chi connectivity index (χ2v) is 4.59. The number of hydrogen-bond acceptors (Lipinski definition) is 3. The van der Waals surface area contributed by atoms with Gasteiger partial charge in [-0.05, 0) is 51.0 Å². The summed E-state index contributed by atoms with van der Waals surface area (Å²) in [7, 11) is 0. The van der Waals surface area contributed by atoms with Crippen LogP contribution in [0.2, 0.25) is 0 Å². The third-order valence-electron chi connectivity index (χ3n) is 3.15. The Morgan fingerprint density at radius 2 is 2.12 bits per heavy atom. The first-order valence-electron chi connectivity index (χ1n) is 6.40. The summed E-state index contributed by atoms with van der Waals surface area (Å²) in [6.45, 7) is 7.66. The van der Waals surface area contributed by atoms with Crippen LogP contribution in [0.3, 0.4) is 0 Å². The fourth-order valence-corrected chi connectivity index (χ4v) is 2.19. The van der Waals surface area contributed by atoms with E-state index in [0.29, 0.717) is 6.04 Å². The van der Waals surface area contributed by atoms with Crippen LogP contribution in [0.5, 0.6) is 0 Å². The SMILES string of the molecule is CCCC(CN=C/C(C)=C\N)N1CCCC1. The number of nitrogens with zero attached hydrogens (tertiary/aromatic N) is 2. The van der Waals surface area contributed by atoms with Crippen molar-refractivity contribution in [3.05, 3.63) is 11.8 Å². The lowest BCUT2D eigenvalue weighted by Crippen LogP contribution is -2.35. The third kappa shape index (κ3) is 4.35. The van der Waals surface area contributed by atoms with Crippen LogP contribution in [0.1, 0.15) is 39.5 Å². The lowest BCUT2D eigenvalue weighted by atomic mass is 10.1. The minimum absolute atomic E-state index is 0.634. The second-order valence-electron chi connectivity index (χ2n) is 4.59. The first-order valence-corrected chi connectivity index (χ1v) is 6.40. The number of aliphatic imine (C=N–C) groups is 1. The molecular formula is C13H25N3. The van der Waals surface area contributed by atoms with Gasteiger partial charge < -0.3 is 5.73 Å². The van der Waals surface area contributed by atoms with Gasteiger partial charge in [0.2, 0.25) is 0 Å². The summed E-state index contributed by atoms with van der Waals surface area (Å²) in [4.78, 5) is 7.08. The molecule has 0 spiro atoms. The number of rotatable bonds is 6. The molecule has 1 atom stereocenters. The van der Waals surface area contributed by atoms with E-state index in [1.165, 1.54) is 38.8 Å². The Morgan fingerprint density at radius 1 is 1.44 bits per heavy atom. The zero-order valence-corrected chi connectivity index (χ0v) is 10.7. The average molecular weight is 223 g/mol. The number of likely N-dealkylation sites (tertiary alicyclic amines) is 1. The molecule has 0 saturated carbocycles. The van der Waals surface area contributed by atoms with E-state index in [2.05, 4.69) is 16.8 Å². The first kappa shape index (κ1) is 13.2. The summed E-state index contributed by atoms with van der Waals surface area (Å²) in [5.74, 6) is 0. The van der Waals surface area contributed by atoms with Crippen LogP contribution in [0.4, 0.5) is 0 Å². The normalized spacial score (nSPS) is 20.8. The van der Waals surface area contributed by atoms with Crippen molar-refractivity contribution in [1.82, 2.24) is 4.90 Å². The maximum absolute atomic E-state index is 5.41. The molecular weight excluding hydrogens is 198 g/mol. The Labute approximate surface area is 99.4 Å². The van der Waals surface area contributed by atoms with E-state index < -0.39 is 0 Å². The minimum Gasteiger partial charge on any atom is -0.404 e. The summed E-state index contributed by atoms with van der Waals surface area (Å²) >= 11 is 0. The van der Waals surface area contributed by atoms with Crippen LogP contribution in [0.15, 0.2) is 16.8 Å². The molecule has 0 aromatic carbocycles. The summed E-state index contributed by atoms with van der Waals surface area (Å²) < 4.78 is 0. The molecule has 1 saturated heterocycles. The van der Waals surface area contributed by atoms with E-state index in [9.17, 15) is 0 Å². The number of nitrogens with two attached hydrogens (primary N) is 1. The third-order valence-corrected chi connectivity index (χ3v) is 3.15. The van der Waals surface area contributed by atoms with Gasteiger partial charge >= 0.3 is 0 Å². The van der Waals surface area contributed by atoms with Gasteiger partial charge in [-0.3, -0.25) is 9.89 Å². The summed E-state index contributed by atoms with van der Waals surface area (Å²) in [5, 5.41) is 0. The predicted molar refractivity (Wildman–Crippen MR) is 70.8 cm³/mol. The van der Waals surface area contributed by atoms with Gasteiger partial charge in [-0.25, -0.2) is 0 Å². The topological polar surface area (TPSA) is 41.6 Å². The van der Waals surface area contributed by atoms with Gasteiger partial charge in [0, 0.05) is 12.3 Å². The Bertz CT molecular complexity index is 240. The van der Waals surface area contributed by atoms with Crippen LogP contribution in [0.25, 0.3) is 0 Å². The smallest absolute Gasteiger partial charge is 0.0545 e. The van der Waals surface area contributed by atoms with Gasteiger partial charge in [-0.15, -0.1) is 0 Å². The molecule has 3 heteroatoms. The Kier molecular flexibility index (Phi) is 6.16. The van der Waals surface area contributed by atoms with E-state index in [1.54, 1.807) is 6.20 Å². The summed E-state index contributed by atoms with van der Waals surface area (Å²) in [5.41, 5.74) is 6.44. The van der Waals surface area contributed by atoms with Crippen molar-refractivity contribution in [2.75, 3.05) is 19.6 Å². The molecule has 2 N–H and O–H groups in total. The van der Waals surface area contributed by atoms with Gasteiger partial charge in [-0.1, -0.05) is 13.3 Å². The van der Waals surface area contributed by atoms with Crippen LogP contribution < -0.4 is 5.73 Å². The molecule has 1 fully saturated rings. The van der Waals surface area contributed by atoms with Crippen molar-refractivity contribution in [3.63, 3.8) is 0 Å². The quantitative estimate of drug-likeness (QED) is 0.701. The highest BCUT2D eigenvalue weighted by molar-refractivity contribution is 5.77. The van der Waals surface area contributed by atoms with Crippen molar-refractivity contribution in [1.29, 1.82) is 0 Å². The molecule has 0 aliphatic carbocycles. The molecule has 1 rings (SSSR count). The molecule has 1 unspecified atom stereocenters. The standard InChI is InChI=1S/C13H25N3/c1-3-6-13(16-7-4-5-8-16)11-15-10-12(2)9-14/h9-10,13H,3-8,11,14H2,1-2H3/b12-9-,15-10?. The lowest BCUT2D eigenvalue weighted by molar-refractivity contribution is 0.235. The summed E-state index contributed by atoms with van der Waals surface area (Å²) in [6, 6.07) is 0.634. The fraction of sp³-hybridized carbons (Fsp3) is 0.769. The molecule has 1 aliphatic heterocycles. The van der Waals surface area contributed by atoms with Crippen LogP contribution in [-0.4, -0.2) is 36.8 Å². The maximum Gasteiger partial charge on any atom is 0.0545 e. The largest absolute Gasteiger partial charge is 0.404 e. The Morgan fingerprint density at radius 3 is 2.69 bits per heavy atom. The van der Waals surface area contributed by atoms with E-state index in [1.807, 2.05) is 13.1 Å². The van der Waals surface area contributed by atoms with E-state index in [4.69, 9.17) is 5.73 Å². The van der Waals surface area contributed by atoms with Gasteiger partial charge in [0.1, 0.15) is 0 Å². The molecule has 0 amide bonds. The molecule has 0 aromatic rings. The molecule has 3 nitrogen and oxygen atoms in total. The Balaban J connectivity index is 2.41. The zero-order chi connectivity index (χ0) is 11.8. The van der Waals surface area contributed by atoms with Crippen LogP contribution in [-0.2, 0) is 0 Å². The van der Waals surface area contributed by atoms with Crippen LogP contribution >= 0.6 is 0 Å². The van der Waals surface area contributed by atoms with Gasteiger partial charge in [0.15, 0.2) is 0 Å². The molecule has 16 heavy (non-hydrogen) atoms. The van der Waals surface area contributed by atoms with Crippen LogP contribution in [0, 0.1) is 0 Å². The van der Waals surface area contributed by atoms with Crippen molar-refractivity contribution in [2.45, 2.75) is 45.6 Å². The van der Waals surface area contributed by atoms with E-state index in [0.717, 1.165) is 12.1 Å². The predicted octanol–water partition coefficient (Wildman–Crippen LogP) is 2.18. The van der Waals surface area contributed by atoms with Gasteiger partial charge in [0.25, 0.3) is 0 Å². The monoisotopic (exact) mass is 223 g/mol. The van der Waals surface area contributed by atoms with Crippen molar-refractivity contribution in [2.24, 2.45) is 10.7 Å². The Hall–Kier alpha value is -0.830. The maximum atomic E-state index is 5.41. The lowest BCUT2D eigenvalue weighted by Gasteiger charge is -2.25. The average Bonchev–Trinajstić information content (AvgIpc) is 2.81. The van der Waals surface area contributed by atoms with E-state index in [-0.39, 0.29) is 0 Å². The molecule has 0 bridgehead atoms. The zero-order valence-electron chi connectivity index (χ0n) is 10.7. The van der Waals surface area contributed by atoms with Crippen molar-refractivity contribution < 1.29 is 0 Å². The molecule has 1 aliphatic rings. The minimum atomic E-state index is 0.634. The first-order chi connectivity index (χ1) is 7.77. The molecule has 92 valence electrons. The highest BCUT2D eigenvalue weighted by atomic mass is 15.2. The number of hydrogen-bond donors (Lipinski definition) is 1. The summed E-state index contributed by atoms with van der Waals surface area (Å²) in [6.07, 6.45) is 8.69. The fourth-order valence-electron chi connectivity index (χ4n) is 2.19. The van der Waals surface area contributed by atoms with E-state index >= 15 is 0 Å². The second kappa shape index (κ2) is 7.44.